The van der Waals surface area contributed by atoms with Crippen molar-refractivity contribution in [2.24, 2.45) is 0 Å². The number of anilines is 9. The van der Waals surface area contributed by atoms with Gasteiger partial charge in [-0.05, 0) is 168 Å². The lowest BCUT2D eigenvalue weighted by molar-refractivity contribution is 0.0695. The van der Waals surface area contributed by atoms with Crippen LogP contribution >= 0.6 is 15.9 Å². The summed E-state index contributed by atoms with van der Waals surface area (Å²) in [5, 5.41) is 22.7. The average molecular weight is 1930 g/mol. The maximum atomic E-state index is 11.0. The van der Waals surface area contributed by atoms with Gasteiger partial charge in [-0.2, -0.15) is 0 Å². The molecular weight excluding hydrogens is 1810 g/mol. The summed E-state index contributed by atoms with van der Waals surface area (Å²) in [6, 6.07) is 18.2. The van der Waals surface area contributed by atoms with E-state index < -0.39 is 5.97 Å². The predicted octanol–water partition coefficient (Wildman–Crippen LogP) is 14.9. The van der Waals surface area contributed by atoms with E-state index in [0.29, 0.717) is 61.7 Å². The van der Waals surface area contributed by atoms with Crippen molar-refractivity contribution in [2.45, 2.75) is 184 Å². The molecule has 0 amide bonds. The van der Waals surface area contributed by atoms with Crippen molar-refractivity contribution in [3.63, 3.8) is 0 Å². The number of hydrogen-bond donors (Lipinski definition) is 5. The quantitative estimate of drug-likeness (QED) is 0.0336. The van der Waals surface area contributed by atoms with Crippen LogP contribution in [0, 0.1) is 0 Å². The number of morpholine rings is 4. The number of carboxylic acids is 1. The van der Waals surface area contributed by atoms with Crippen molar-refractivity contribution in [1.82, 2.24) is 79.7 Å². The minimum atomic E-state index is -1.03. The zero-order valence-corrected chi connectivity index (χ0v) is 79.7. The highest BCUT2D eigenvalue weighted by molar-refractivity contribution is 9.10. The van der Waals surface area contributed by atoms with E-state index in [0.717, 1.165) is 338 Å². The van der Waals surface area contributed by atoms with Crippen LogP contribution in [0.4, 0.5) is 52.2 Å². The van der Waals surface area contributed by atoms with Crippen LogP contribution in [-0.2, 0) is 30.1 Å². The van der Waals surface area contributed by atoms with Crippen molar-refractivity contribution in [3.05, 3.63) is 169 Å². The molecular formula is C100H122BrN25O11. The first-order chi connectivity index (χ1) is 67.3. The van der Waals surface area contributed by atoms with Crippen LogP contribution in [0.3, 0.4) is 0 Å². The van der Waals surface area contributed by atoms with Crippen molar-refractivity contribution in [1.29, 1.82) is 0 Å². The van der Waals surface area contributed by atoms with Gasteiger partial charge in [0.2, 0.25) is 23.8 Å². The summed E-state index contributed by atoms with van der Waals surface area (Å²) in [6.07, 6.45) is 48.2. The molecule has 720 valence electrons. The highest BCUT2D eigenvalue weighted by Crippen LogP contribution is 2.40. The summed E-state index contributed by atoms with van der Waals surface area (Å²) in [6.45, 7) is 16.5. The number of benzene rings is 4. The van der Waals surface area contributed by atoms with Gasteiger partial charge in [0.25, 0.3) is 0 Å². The van der Waals surface area contributed by atoms with Gasteiger partial charge in [-0.25, -0.2) is 64.6 Å². The fraction of sp³-hybridized carbons (Fsp3) is 0.490. The molecule has 36 nitrogen and oxygen atoms in total. The molecule has 13 heterocycles. The van der Waals surface area contributed by atoms with Crippen LogP contribution in [0.2, 0.25) is 0 Å². The molecule has 9 aliphatic rings. The second-order valence-corrected chi connectivity index (χ2v) is 37.0. The number of unbranched alkanes of at least 4 members (excludes halogenated alkanes) is 1. The van der Waals surface area contributed by atoms with E-state index in [1.54, 1.807) is 49.6 Å². The molecule has 0 unspecified atom stereocenters. The van der Waals surface area contributed by atoms with Crippen LogP contribution in [0.25, 0.3) is 49.7 Å². The van der Waals surface area contributed by atoms with E-state index >= 15 is 0 Å². The van der Waals surface area contributed by atoms with Crippen molar-refractivity contribution in [3.8, 4) is 23.0 Å². The number of halogens is 1. The van der Waals surface area contributed by atoms with Crippen LogP contribution < -0.4 is 64.7 Å². The third-order valence-electron chi connectivity index (χ3n) is 26.4. The summed E-state index contributed by atoms with van der Waals surface area (Å²) in [4.78, 5) is 94.2. The molecule has 137 heavy (non-hydrogen) atoms. The van der Waals surface area contributed by atoms with Gasteiger partial charge in [0.15, 0.2) is 0 Å². The molecule has 0 spiro atoms. The lowest BCUT2D eigenvalue weighted by Crippen LogP contribution is -2.36. The molecule has 4 saturated heterocycles. The molecule has 0 bridgehead atoms. The fourth-order valence-corrected chi connectivity index (χ4v) is 18.9. The first-order valence-electron chi connectivity index (χ1n) is 48.5. The van der Waals surface area contributed by atoms with Gasteiger partial charge in [-0.1, -0.05) is 19.4 Å². The Balaban J connectivity index is 0.000000122. The number of nitrogens with one attached hydrogen (secondary N) is 4. The topological polar surface area (TPSA) is 391 Å². The first-order valence-corrected chi connectivity index (χ1v) is 49.3. The normalized spacial score (nSPS) is 21.4. The summed E-state index contributed by atoms with van der Waals surface area (Å²) < 4.78 is 54.5. The van der Waals surface area contributed by atoms with E-state index in [1.165, 1.54) is 18.0 Å². The van der Waals surface area contributed by atoms with E-state index in [4.69, 9.17) is 57.7 Å². The third kappa shape index (κ3) is 25.8. The number of fused-ring (bicyclic) bond motifs is 4. The van der Waals surface area contributed by atoms with Gasteiger partial charge in [0.1, 0.15) is 45.1 Å². The number of aromatic carboxylic acids is 1. The number of carbonyl (C=O) groups is 1. The number of carboxylic acid groups (broad SMARTS) is 1. The van der Waals surface area contributed by atoms with E-state index in [2.05, 4.69) is 188 Å². The maximum Gasteiger partial charge on any atom is 0.338 e. The van der Waals surface area contributed by atoms with Gasteiger partial charge in [-0.3, -0.25) is 19.9 Å². The Labute approximate surface area is 805 Å². The Morgan fingerprint density at radius 1 is 0.394 bits per heavy atom. The van der Waals surface area contributed by atoms with Crippen molar-refractivity contribution >= 4 is 124 Å². The number of nitrogens with zero attached hydrogens (tertiary/aromatic N) is 21. The summed E-state index contributed by atoms with van der Waals surface area (Å²) in [5.41, 5.74) is 15.7. The Morgan fingerprint density at radius 3 is 1.06 bits per heavy atom. The van der Waals surface area contributed by atoms with Gasteiger partial charge in [-0.15, -0.1) is 0 Å². The molecule has 21 rings (SSSR count). The molecule has 12 aromatic rings. The molecule has 4 saturated carbocycles. The van der Waals surface area contributed by atoms with Crippen LogP contribution in [-0.4, -0.2) is 272 Å². The summed E-state index contributed by atoms with van der Waals surface area (Å²) in [7, 11) is 3.97. The average Bonchev–Trinajstić information content (AvgIpc) is 0.782. The highest BCUT2D eigenvalue weighted by atomic mass is 79.9. The molecule has 0 radical (unpaired) electrons. The summed E-state index contributed by atoms with van der Waals surface area (Å²) in [5.74, 6) is 4.73. The summed E-state index contributed by atoms with van der Waals surface area (Å²) >= 11 is 3.39. The lowest BCUT2D eigenvalue weighted by Gasteiger charge is -2.31. The van der Waals surface area contributed by atoms with Crippen LogP contribution in [0.1, 0.15) is 151 Å². The predicted molar refractivity (Wildman–Crippen MR) is 531 cm³/mol. The first kappa shape index (κ1) is 94.8. The number of hydrogen-bond acceptors (Lipinski definition) is 35. The Bertz CT molecular complexity index is 5940. The number of ether oxygens (including phenoxy) is 9. The standard InChI is InChI=1S/C27H32N6O3.C26H33BrN6O2.C24H31N7O2.C23H26N6O4/c1-3-23(4-2-21(1)32-27-30-17-20(18-31-27)19-5-11-34-12-6-19)36-25-16-22(33-9-13-35-14-10-33)15-24-26(25)29-8-7-28-24;1-2-3-4-20-17-28-23-13-21(33-9-11-34-12-10-33)14-24(25(23)31-20)35-22-7-5-19(6-8-22)32-26-29-15-18(27)16-30-26;1-30(2)19-15-27-24(28-16-19)29-17-3-5-20(6-4-17)33-22-14-18(31-9-11-32-12-10-31)13-21-23(22)26-8-7-25-21;30-22(31)15-13-26-23(27-14-15)28-16-1-3-18(4-2-16)33-20-12-17(29-7-9-32-10-8-29)11-19-21(20)25-6-5-24-19/h5,7-8,15-18,21,23H,1-4,6,9-14H2,(H,30,31,32);13-17,19,22H,2-12H2,1H3,(H,29,30,32);7-8,13-17,20H,3-6,9-12H2,1-2H3,(H,27,28,29);5-6,11-14,16,18H,1-4,7-10H2,(H,30,31)(H,26,27,28). The zero-order chi connectivity index (χ0) is 93.4. The molecule has 8 fully saturated rings. The number of rotatable bonds is 26. The second-order valence-electron chi connectivity index (χ2n) is 36.1. The maximum absolute atomic E-state index is 11.0. The minimum absolute atomic E-state index is 0.0762. The van der Waals surface area contributed by atoms with E-state index in [1.807, 2.05) is 50.0 Å². The monoisotopic (exact) mass is 1930 g/mol. The smallest absolute Gasteiger partial charge is 0.338 e. The van der Waals surface area contributed by atoms with Gasteiger partial charge in [0, 0.05) is 224 Å². The second kappa shape index (κ2) is 47.0. The van der Waals surface area contributed by atoms with E-state index in [-0.39, 0.29) is 36.0 Å². The molecule has 0 atom stereocenters. The van der Waals surface area contributed by atoms with E-state index in [9.17, 15) is 4.79 Å². The molecule has 5 aliphatic heterocycles. The number of aryl methyl sites for hydroxylation is 1. The Hall–Kier alpha value is -12.6. The Kier molecular flexibility index (Phi) is 32.5. The molecule has 4 aromatic carbocycles. The lowest BCUT2D eigenvalue weighted by atomic mass is 9.93. The third-order valence-corrected chi connectivity index (χ3v) is 26.8. The molecule has 8 aromatic heterocycles. The SMILES string of the molecule is C1=C(c2cnc(NC3CCC(Oc4cc(N5CCOCC5)cc5nccnc45)CC3)nc2)CCOC1.CCCCc1cnc2cc(N3CCOCC3)cc(OC3CCC(Nc4ncc(Br)cn4)CC3)c2n1.CN(C)c1cnc(NC2CCC(Oc3cc(N4CCOCC4)cc4nccnc34)CC2)nc1.O=C(O)c1cnc(NC2CCC(Oc3cc(N4CCOCC4)cc4nccnc34)CC2)nc1. The molecule has 37 heteroatoms. The van der Waals surface area contributed by atoms with Crippen LogP contribution in [0.15, 0.2) is 152 Å². The van der Waals surface area contributed by atoms with Crippen molar-refractivity contribution in [2.75, 3.05) is 178 Å². The molecule has 5 N–H and O–H groups in total. The largest absolute Gasteiger partial charge is 0.488 e. The van der Waals surface area contributed by atoms with Crippen LogP contribution in [0.5, 0.6) is 23.0 Å². The highest BCUT2D eigenvalue weighted by Gasteiger charge is 2.32. The van der Waals surface area contributed by atoms with Crippen molar-refractivity contribution < 1.29 is 52.5 Å². The Morgan fingerprint density at radius 2 is 0.723 bits per heavy atom. The zero-order valence-electron chi connectivity index (χ0n) is 78.1. The van der Waals surface area contributed by atoms with Gasteiger partial charge >= 0.3 is 5.97 Å². The van der Waals surface area contributed by atoms with Gasteiger partial charge in [0.05, 0.1) is 146 Å². The fourth-order valence-electron chi connectivity index (χ4n) is 18.7. The minimum Gasteiger partial charge on any atom is -0.488 e. The van der Waals surface area contributed by atoms with Gasteiger partial charge < -0.3 is 93.5 Å². The number of aromatic nitrogens is 16. The molecule has 4 aliphatic carbocycles.